The van der Waals surface area contributed by atoms with E-state index in [9.17, 15) is 4.79 Å². The Kier molecular flexibility index (Phi) is 23.0. The van der Waals surface area contributed by atoms with Gasteiger partial charge in [0, 0.05) is 0 Å². The average molecular weight is 581 g/mol. The number of ether oxygens (including phenoxy) is 10. The third-order valence-electron chi connectivity index (χ3n) is 4.71. The number of esters is 1. The molecule has 0 amide bonds. The van der Waals surface area contributed by atoms with Gasteiger partial charge in [-0.3, -0.25) is 0 Å². The molecule has 14 heteroatoms. The van der Waals surface area contributed by atoms with Crippen LogP contribution in [0.15, 0.2) is 12.1 Å². The van der Waals surface area contributed by atoms with Gasteiger partial charge in [0.1, 0.15) is 19.8 Å². The summed E-state index contributed by atoms with van der Waals surface area (Å²) in [6.07, 6.45) is 0. The van der Waals surface area contributed by atoms with Crippen LogP contribution in [0.3, 0.4) is 0 Å². The van der Waals surface area contributed by atoms with E-state index in [4.69, 9.17) is 62.7 Å². The second-order valence-corrected chi connectivity index (χ2v) is 7.68. The van der Waals surface area contributed by atoms with E-state index in [1.807, 2.05) is 0 Å². The molecule has 3 N–H and O–H groups in total. The highest BCUT2D eigenvalue weighted by Crippen LogP contribution is 2.39. The summed E-state index contributed by atoms with van der Waals surface area (Å²) in [5.74, 6) is 0.192. The number of hydrogen-bond donors (Lipinski definition) is 3. The lowest BCUT2D eigenvalue weighted by atomic mass is 10.2. The number of benzene rings is 1. The van der Waals surface area contributed by atoms with Crippen LogP contribution in [0.4, 0.5) is 0 Å². The zero-order valence-electron chi connectivity index (χ0n) is 23.2. The maximum absolute atomic E-state index is 12.3. The van der Waals surface area contributed by atoms with Gasteiger partial charge >= 0.3 is 5.97 Å². The van der Waals surface area contributed by atoms with Crippen molar-refractivity contribution in [2.24, 2.45) is 0 Å². The summed E-state index contributed by atoms with van der Waals surface area (Å²) in [5.41, 5.74) is 0.203. The molecule has 0 aliphatic carbocycles. The first kappa shape index (κ1) is 35.8. The molecule has 0 saturated carbocycles. The fourth-order valence-corrected chi connectivity index (χ4v) is 2.95. The van der Waals surface area contributed by atoms with Gasteiger partial charge in [-0.15, -0.1) is 0 Å². The van der Waals surface area contributed by atoms with Crippen molar-refractivity contribution in [3.8, 4) is 17.2 Å². The number of aliphatic hydroxyl groups excluding tert-OH is 3. The van der Waals surface area contributed by atoms with Crippen molar-refractivity contribution in [2.45, 2.75) is 0 Å². The highest BCUT2D eigenvalue weighted by Gasteiger charge is 2.19. The van der Waals surface area contributed by atoms with E-state index < -0.39 is 5.97 Å². The summed E-state index contributed by atoms with van der Waals surface area (Å²) in [4.78, 5) is 12.3. The van der Waals surface area contributed by atoms with Crippen molar-refractivity contribution >= 4 is 5.97 Å². The molecule has 0 spiro atoms. The molecule has 40 heavy (non-hydrogen) atoms. The van der Waals surface area contributed by atoms with Gasteiger partial charge in [-0.2, -0.15) is 0 Å². The van der Waals surface area contributed by atoms with Crippen molar-refractivity contribution in [1.29, 1.82) is 0 Å². The van der Waals surface area contributed by atoms with Crippen LogP contribution in [0.25, 0.3) is 0 Å². The Morgan fingerprint density at radius 2 is 0.850 bits per heavy atom. The standard InChI is InChI=1S/C26H44O14/c1-31-26(30)22-20-23(38-17-14-35-11-8-32-5-2-27)25(40-19-16-37-13-10-34-7-4-29)24(21-22)39-18-15-36-12-9-33-6-3-28/h20-21,27-29H,2-19H2,1H3. The summed E-state index contributed by atoms with van der Waals surface area (Å²) in [6.45, 7) is 3.74. The molecule has 0 fully saturated rings. The molecular weight excluding hydrogens is 536 g/mol. The van der Waals surface area contributed by atoms with Crippen LogP contribution >= 0.6 is 0 Å². The molecule has 1 aromatic carbocycles. The Morgan fingerprint density at radius 3 is 1.20 bits per heavy atom. The third kappa shape index (κ3) is 17.4. The molecular formula is C26H44O14. The molecule has 14 nitrogen and oxygen atoms in total. The summed E-state index contributed by atoms with van der Waals surface area (Å²) in [7, 11) is 1.27. The SMILES string of the molecule is COC(=O)c1cc(OCCOCCOCCO)c(OCCOCCOCCO)c(OCCOCCOCCO)c1. The minimum atomic E-state index is -0.581. The molecule has 1 rings (SSSR count). The van der Waals surface area contributed by atoms with Crippen LogP contribution in [-0.4, -0.2) is 147 Å². The first-order valence-corrected chi connectivity index (χ1v) is 13.1. The molecule has 0 aliphatic rings. The molecule has 0 atom stereocenters. The van der Waals surface area contributed by atoms with Gasteiger partial charge in [-0.25, -0.2) is 4.79 Å². The monoisotopic (exact) mass is 580 g/mol. The van der Waals surface area contributed by atoms with Gasteiger partial charge in [0.25, 0.3) is 0 Å². The average Bonchev–Trinajstić information content (AvgIpc) is 2.97. The van der Waals surface area contributed by atoms with Crippen molar-refractivity contribution in [3.05, 3.63) is 17.7 Å². The van der Waals surface area contributed by atoms with Crippen LogP contribution < -0.4 is 14.2 Å². The van der Waals surface area contributed by atoms with Crippen LogP contribution in [0.1, 0.15) is 10.4 Å². The zero-order chi connectivity index (χ0) is 29.1. The highest BCUT2D eigenvalue weighted by atomic mass is 16.6. The lowest BCUT2D eigenvalue weighted by Gasteiger charge is -2.18. The number of hydrogen-bond acceptors (Lipinski definition) is 14. The van der Waals surface area contributed by atoms with Crippen molar-refractivity contribution in [1.82, 2.24) is 0 Å². The zero-order valence-corrected chi connectivity index (χ0v) is 23.2. The maximum Gasteiger partial charge on any atom is 0.338 e. The Labute approximate surface area is 234 Å². The molecule has 0 aromatic heterocycles. The molecule has 1 aromatic rings. The minimum Gasteiger partial charge on any atom is -0.487 e. The predicted octanol–water partition coefficient (Wildman–Crippen LogP) is -0.314. The molecule has 0 bridgehead atoms. The van der Waals surface area contributed by atoms with Crippen molar-refractivity contribution in [3.63, 3.8) is 0 Å². The smallest absolute Gasteiger partial charge is 0.338 e. The molecule has 0 aliphatic heterocycles. The second kappa shape index (κ2) is 25.7. The van der Waals surface area contributed by atoms with Gasteiger partial charge in [0.15, 0.2) is 11.5 Å². The lowest BCUT2D eigenvalue weighted by molar-refractivity contribution is 0.0206. The summed E-state index contributed by atoms with van der Waals surface area (Å²) >= 11 is 0. The van der Waals surface area contributed by atoms with Gasteiger partial charge in [0.2, 0.25) is 5.75 Å². The van der Waals surface area contributed by atoms with Crippen LogP contribution in [0, 0.1) is 0 Å². The third-order valence-corrected chi connectivity index (χ3v) is 4.71. The number of methoxy groups -OCH3 is 1. The van der Waals surface area contributed by atoms with E-state index >= 15 is 0 Å². The fourth-order valence-electron chi connectivity index (χ4n) is 2.95. The molecule has 0 heterocycles. The van der Waals surface area contributed by atoms with Gasteiger partial charge < -0.3 is 62.7 Å². The van der Waals surface area contributed by atoms with Gasteiger partial charge in [-0.05, 0) is 12.1 Å². The Balaban J connectivity index is 2.80. The maximum atomic E-state index is 12.3. The Hall–Kier alpha value is -2.27. The summed E-state index contributed by atoms with van der Waals surface area (Å²) in [6, 6.07) is 2.99. The number of rotatable bonds is 28. The Morgan fingerprint density at radius 1 is 0.525 bits per heavy atom. The van der Waals surface area contributed by atoms with E-state index in [-0.39, 0.29) is 102 Å². The predicted molar refractivity (Wildman–Crippen MR) is 140 cm³/mol. The molecule has 0 unspecified atom stereocenters. The van der Waals surface area contributed by atoms with Crippen molar-refractivity contribution in [2.75, 3.05) is 126 Å². The fraction of sp³-hybridized carbons (Fsp3) is 0.731. The summed E-state index contributed by atoms with van der Waals surface area (Å²) in [5, 5.41) is 26.2. The first-order chi connectivity index (χ1) is 19.7. The van der Waals surface area contributed by atoms with E-state index in [1.54, 1.807) is 0 Å². The van der Waals surface area contributed by atoms with E-state index in [1.165, 1.54) is 19.2 Å². The van der Waals surface area contributed by atoms with Crippen LogP contribution in [-0.2, 0) is 33.2 Å². The quantitative estimate of drug-likeness (QED) is 0.0871. The molecule has 0 saturated heterocycles. The van der Waals surface area contributed by atoms with Gasteiger partial charge in [0.05, 0.1) is 112 Å². The lowest BCUT2D eigenvalue weighted by Crippen LogP contribution is -2.16. The second-order valence-electron chi connectivity index (χ2n) is 7.68. The minimum absolute atomic E-state index is 0.0543. The topological polar surface area (TPSA) is 170 Å². The van der Waals surface area contributed by atoms with E-state index in [0.717, 1.165) is 0 Å². The van der Waals surface area contributed by atoms with Crippen LogP contribution in [0.5, 0.6) is 17.2 Å². The van der Waals surface area contributed by atoms with Crippen LogP contribution in [0.2, 0.25) is 0 Å². The number of aliphatic hydroxyl groups is 3. The number of carbonyl (C=O) groups excluding carboxylic acids is 1. The van der Waals surface area contributed by atoms with Gasteiger partial charge in [-0.1, -0.05) is 0 Å². The largest absolute Gasteiger partial charge is 0.487 e. The highest BCUT2D eigenvalue weighted by molar-refractivity contribution is 5.91. The summed E-state index contributed by atoms with van der Waals surface area (Å²) < 4.78 is 54.4. The Bertz CT molecular complexity index is 707. The molecule has 232 valence electrons. The molecule has 0 radical (unpaired) electrons. The van der Waals surface area contributed by atoms with Crippen molar-refractivity contribution < 1.29 is 67.5 Å². The number of carbonyl (C=O) groups is 1. The normalized spacial score (nSPS) is 11.0. The van der Waals surface area contributed by atoms with E-state index in [2.05, 4.69) is 0 Å². The first-order valence-electron chi connectivity index (χ1n) is 13.1. The van der Waals surface area contributed by atoms with E-state index in [0.29, 0.717) is 39.6 Å².